The summed E-state index contributed by atoms with van der Waals surface area (Å²) in [6, 6.07) is 1.85. The van der Waals surface area contributed by atoms with Gasteiger partial charge in [0.2, 0.25) is 5.95 Å². The van der Waals surface area contributed by atoms with E-state index >= 15 is 0 Å². The number of rotatable bonds is 4. The molecule has 1 aliphatic heterocycles. The smallest absolute Gasteiger partial charge is 0.223 e. The maximum atomic E-state index is 14.3. The van der Waals surface area contributed by atoms with Crippen molar-refractivity contribution in [1.29, 1.82) is 0 Å². The van der Waals surface area contributed by atoms with Crippen molar-refractivity contribution in [2.75, 3.05) is 23.7 Å². The Kier molecular flexibility index (Phi) is 5.15. The SMILES string of the molecule is Cc1nn([C@@H](C)[C@H](C)O)cc1N1CCC[C@@H](c2nc3c4cc(F)cc(F)c4nc(N)n3n2)C1. The number of nitrogens with two attached hydrogens (primary N) is 1. The molecule has 33 heavy (non-hydrogen) atoms. The van der Waals surface area contributed by atoms with E-state index in [4.69, 9.17) is 5.73 Å². The predicted octanol–water partition coefficient (Wildman–Crippen LogP) is 2.97. The van der Waals surface area contributed by atoms with Gasteiger partial charge in [-0.1, -0.05) is 0 Å². The number of aliphatic hydroxyl groups excluding tert-OH is 1. The second kappa shape index (κ2) is 7.91. The van der Waals surface area contributed by atoms with Crippen molar-refractivity contribution in [3.8, 4) is 0 Å². The van der Waals surface area contributed by atoms with Crippen LogP contribution in [0.2, 0.25) is 0 Å². The number of aliphatic hydroxyl groups is 1. The molecule has 0 unspecified atom stereocenters. The quantitative estimate of drug-likeness (QED) is 0.486. The van der Waals surface area contributed by atoms with Gasteiger partial charge in [-0.05, 0) is 39.7 Å². The fourth-order valence-electron chi connectivity index (χ4n) is 4.47. The van der Waals surface area contributed by atoms with Crippen molar-refractivity contribution in [3.05, 3.63) is 41.5 Å². The van der Waals surface area contributed by atoms with Gasteiger partial charge in [0, 0.05) is 31.3 Å². The molecule has 0 radical (unpaired) electrons. The Hall–Kier alpha value is -3.34. The topological polar surface area (TPSA) is 110 Å². The third kappa shape index (κ3) is 3.65. The van der Waals surface area contributed by atoms with Gasteiger partial charge in [-0.25, -0.2) is 18.7 Å². The van der Waals surface area contributed by atoms with Crippen LogP contribution in [-0.4, -0.2) is 53.7 Å². The highest BCUT2D eigenvalue weighted by atomic mass is 19.1. The Morgan fingerprint density at radius 3 is 2.73 bits per heavy atom. The molecule has 1 saturated heterocycles. The minimum atomic E-state index is -0.786. The van der Waals surface area contributed by atoms with Gasteiger partial charge in [0.05, 0.1) is 28.9 Å². The summed E-state index contributed by atoms with van der Waals surface area (Å²) in [5.74, 6) is -0.929. The number of nitrogen functional groups attached to an aromatic ring is 1. The summed E-state index contributed by atoms with van der Waals surface area (Å²) in [7, 11) is 0. The standard InChI is InChI=1S/C22H26F2N8O/c1-11-18(10-31(28-11)12(2)13(3)33)30-6-4-5-14(9-30)20-27-21-16-7-15(23)8-17(24)19(16)26-22(25)32(21)29-20/h7-8,10,12-14,33H,4-6,9H2,1-3H3,(H2,25,26)/t12-,13-,14+/m0/s1. The number of aryl methyl sites for hydroxylation is 1. The average molecular weight is 457 g/mol. The van der Waals surface area contributed by atoms with Crippen molar-refractivity contribution >= 4 is 28.2 Å². The summed E-state index contributed by atoms with van der Waals surface area (Å²) in [5.41, 5.74) is 8.17. The lowest BCUT2D eigenvalue weighted by molar-refractivity contribution is 0.132. The zero-order valence-corrected chi connectivity index (χ0v) is 18.7. The zero-order chi connectivity index (χ0) is 23.4. The molecule has 1 fully saturated rings. The second-order valence-corrected chi connectivity index (χ2v) is 8.81. The molecule has 5 rings (SSSR count). The Labute approximate surface area is 188 Å². The minimum absolute atomic E-state index is 0.00124. The van der Waals surface area contributed by atoms with Crippen LogP contribution in [0.3, 0.4) is 0 Å². The first kappa shape index (κ1) is 21.5. The normalized spacial score (nSPS) is 18.8. The summed E-state index contributed by atoms with van der Waals surface area (Å²) in [6.45, 7) is 7.15. The van der Waals surface area contributed by atoms with Crippen LogP contribution in [0.15, 0.2) is 18.3 Å². The van der Waals surface area contributed by atoms with Crippen molar-refractivity contribution < 1.29 is 13.9 Å². The van der Waals surface area contributed by atoms with Crippen LogP contribution in [0.4, 0.5) is 20.4 Å². The van der Waals surface area contributed by atoms with Crippen LogP contribution in [0.25, 0.3) is 16.6 Å². The number of aromatic nitrogens is 6. The van der Waals surface area contributed by atoms with Crippen LogP contribution < -0.4 is 10.6 Å². The van der Waals surface area contributed by atoms with Gasteiger partial charge in [-0.15, -0.1) is 5.10 Å². The number of halogens is 2. The van der Waals surface area contributed by atoms with Crippen LogP contribution in [-0.2, 0) is 0 Å². The maximum absolute atomic E-state index is 14.3. The summed E-state index contributed by atoms with van der Waals surface area (Å²) in [6.07, 6.45) is 3.25. The van der Waals surface area contributed by atoms with E-state index in [1.165, 1.54) is 10.6 Å². The number of hydrogen-bond donors (Lipinski definition) is 2. The third-order valence-corrected chi connectivity index (χ3v) is 6.47. The molecule has 4 heterocycles. The van der Waals surface area contributed by atoms with E-state index < -0.39 is 17.7 Å². The summed E-state index contributed by atoms with van der Waals surface area (Å²) in [4.78, 5) is 10.9. The van der Waals surface area contributed by atoms with Crippen molar-refractivity contribution in [3.63, 3.8) is 0 Å². The lowest BCUT2D eigenvalue weighted by Gasteiger charge is -2.32. The fraction of sp³-hybridized carbons (Fsp3) is 0.455. The van der Waals surface area contributed by atoms with Gasteiger partial charge in [-0.3, -0.25) is 4.68 Å². The van der Waals surface area contributed by atoms with Crippen molar-refractivity contribution in [2.24, 2.45) is 0 Å². The van der Waals surface area contributed by atoms with Gasteiger partial charge < -0.3 is 15.7 Å². The van der Waals surface area contributed by atoms with Gasteiger partial charge in [-0.2, -0.15) is 9.61 Å². The first-order chi connectivity index (χ1) is 15.7. The maximum Gasteiger partial charge on any atom is 0.223 e. The average Bonchev–Trinajstić information content (AvgIpc) is 3.39. The molecule has 3 N–H and O–H groups in total. The summed E-state index contributed by atoms with van der Waals surface area (Å²) >= 11 is 0. The lowest BCUT2D eigenvalue weighted by Crippen LogP contribution is -2.35. The largest absolute Gasteiger partial charge is 0.391 e. The van der Waals surface area contributed by atoms with E-state index in [9.17, 15) is 13.9 Å². The van der Waals surface area contributed by atoms with Crippen LogP contribution in [0.1, 0.15) is 50.2 Å². The van der Waals surface area contributed by atoms with E-state index in [0.29, 0.717) is 12.4 Å². The Morgan fingerprint density at radius 1 is 1.18 bits per heavy atom. The number of fused-ring (bicyclic) bond motifs is 3. The molecule has 11 heteroatoms. The van der Waals surface area contributed by atoms with Gasteiger partial charge in [0.25, 0.3) is 0 Å². The number of benzene rings is 1. The van der Waals surface area contributed by atoms with Gasteiger partial charge >= 0.3 is 0 Å². The molecule has 3 aromatic heterocycles. The van der Waals surface area contributed by atoms with Crippen molar-refractivity contribution in [2.45, 2.75) is 51.7 Å². The summed E-state index contributed by atoms with van der Waals surface area (Å²) < 4.78 is 31.3. The number of piperidine rings is 1. The molecule has 0 amide bonds. The lowest BCUT2D eigenvalue weighted by atomic mass is 9.97. The Balaban J connectivity index is 1.50. The Bertz CT molecular complexity index is 1350. The molecule has 9 nitrogen and oxygen atoms in total. The van der Waals surface area contributed by atoms with Crippen molar-refractivity contribution in [1.82, 2.24) is 29.4 Å². The van der Waals surface area contributed by atoms with Crippen LogP contribution in [0.5, 0.6) is 0 Å². The summed E-state index contributed by atoms with van der Waals surface area (Å²) in [5, 5.41) is 19.3. The molecule has 174 valence electrons. The minimum Gasteiger partial charge on any atom is -0.391 e. The molecule has 0 bridgehead atoms. The molecule has 0 spiro atoms. The van der Waals surface area contributed by atoms with Gasteiger partial charge in [0.1, 0.15) is 11.3 Å². The predicted molar refractivity (Wildman–Crippen MR) is 120 cm³/mol. The van der Waals surface area contributed by atoms with E-state index in [-0.39, 0.29) is 34.5 Å². The number of anilines is 2. The second-order valence-electron chi connectivity index (χ2n) is 8.81. The first-order valence-electron chi connectivity index (χ1n) is 11.0. The Morgan fingerprint density at radius 2 is 1.97 bits per heavy atom. The molecule has 3 atom stereocenters. The van der Waals surface area contributed by atoms with Gasteiger partial charge in [0.15, 0.2) is 17.3 Å². The highest BCUT2D eigenvalue weighted by Crippen LogP contribution is 2.32. The highest BCUT2D eigenvalue weighted by Gasteiger charge is 2.28. The van der Waals surface area contributed by atoms with E-state index in [1.54, 1.807) is 11.6 Å². The molecule has 1 aliphatic rings. The molecule has 0 saturated carbocycles. The zero-order valence-electron chi connectivity index (χ0n) is 18.7. The third-order valence-electron chi connectivity index (χ3n) is 6.47. The molecule has 4 aromatic rings. The van der Waals surface area contributed by atoms with Crippen LogP contribution >= 0.6 is 0 Å². The molecule has 0 aliphatic carbocycles. The van der Waals surface area contributed by atoms with E-state index in [0.717, 1.165) is 36.8 Å². The monoisotopic (exact) mass is 456 g/mol. The highest BCUT2D eigenvalue weighted by molar-refractivity contribution is 5.92. The number of hydrogen-bond acceptors (Lipinski definition) is 7. The fourth-order valence-corrected chi connectivity index (χ4v) is 4.47. The van der Waals surface area contributed by atoms with Crippen LogP contribution in [0, 0.1) is 18.6 Å². The first-order valence-corrected chi connectivity index (χ1v) is 11.0. The van der Waals surface area contributed by atoms with E-state index in [2.05, 4.69) is 25.1 Å². The molecule has 1 aromatic carbocycles. The number of nitrogens with zero attached hydrogens (tertiary/aromatic N) is 7. The molecular formula is C22H26F2N8O. The molecular weight excluding hydrogens is 430 g/mol. The van der Waals surface area contributed by atoms with E-state index in [1.807, 2.05) is 20.0 Å².